The van der Waals surface area contributed by atoms with Crippen molar-refractivity contribution in [2.45, 2.75) is 0 Å². The van der Waals surface area contributed by atoms with E-state index in [-0.39, 0.29) is 0 Å². The third-order valence-electron chi connectivity index (χ3n) is 0.936. The van der Waals surface area contributed by atoms with Crippen molar-refractivity contribution >= 4 is 28.9 Å². The first-order chi connectivity index (χ1) is 3.84. The number of nitrogens with zero attached hydrogens (tertiary/aromatic N) is 1. The van der Waals surface area contributed by atoms with Crippen molar-refractivity contribution in [1.82, 2.24) is 0 Å². The summed E-state index contributed by atoms with van der Waals surface area (Å²) in [5, 5.41) is 3.70. The molecule has 0 radical (unpaired) electrons. The fraction of sp³-hybridized carbons (Fsp3) is 0.200. The molecule has 0 amide bonds. The zero-order valence-corrected chi connectivity index (χ0v) is 6.13. The summed E-state index contributed by atoms with van der Waals surface area (Å²) in [4.78, 5) is 0. The van der Waals surface area contributed by atoms with Crippen molar-refractivity contribution in [1.29, 1.82) is 0 Å². The molecule has 0 atom stereocenters. The van der Waals surface area contributed by atoms with E-state index in [2.05, 4.69) is 0 Å². The maximum atomic E-state index is 4.72. The van der Waals surface area contributed by atoms with Gasteiger partial charge in [-0.1, -0.05) is 23.6 Å². The molecule has 1 aromatic heterocycles. The molecular weight excluding hydrogens is 138 g/mol. The summed E-state index contributed by atoms with van der Waals surface area (Å²) in [5.74, 6) is 0. The van der Waals surface area contributed by atoms with Gasteiger partial charge in [0.2, 0.25) is 11.2 Å². The number of hydrogen-bond acceptors (Lipinski definition) is 2. The predicted octanol–water partition coefficient (Wildman–Crippen LogP) is 0.920. The molecular formula is C5H6NS2+. The van der Waals surface area contributed by atoms with Gasteiger partial charge in [0, 0.05) is 0 Å². The molecule has 8 heavy (non-hydrogen) atoms. The normalized spacial score (nSPS) is 9.12. The van der Waals surface area contributed by atoms with Crippen LogP contribution in [0.1, 0.15) is 5.69 Å². The largest absolute Gasteiger partial charge is 0.226 e. The molecule has 1 aromatic rings. The smallest absolute Gasteiger partial charge is 0.191 e. The highest BCUT2D eigenvalue weighted by atomic mass is 32.1. The van der Waals surface area contributed by atoms with Gasteiger partial charge in [0.1, 0.15) is 7.05 Å². The quantitative estimate of drug-likeness (QED) is 0.419. The standard InChI is InChI=1S/C5H6NS2/c1-6-4-8-3-5(6)2-7/h2-4H,1H3/q+1. The minimum Gasteiger partial charge on any atom is -0.191 e. The Morgan fingerprint density at radius 2 is 2.62 bits per heavy atom. The summed E-state index contributed by atoms with van der Waals surface area (Å²) in [6, 6.07) is 0. The van der Waals surface area contributed by atoms with Crippen LogP contribution in [-0.2, 0) is 7.05 Å². The Morgan fingerprint density at radius 1 is 1.88 bits per heavy atom. The lowest BCUT2D eigenvalue weighted by Crippen LogP contribution is -2.28. The minimum absolute atomic E-state index is 1.10. The third-order valence-corrected chi connectivity index (χ3v) is 1.99. The summed E-state index contributed by atoms with van der Waals surface area (Å²) >= 11 is 6.38. The highest BCUT2D eigenvalue weighted by molar-refractivity contribution is 7.79. The Kier molecular flexibility index (Phi) is 1.70. The molecule has 0 aliphatic carbocycles. The van der Waals surface area contributed by atoms with Crippen LogP contribution in [0.3, 0.4) is 0 Å². The molecule has 1 heterocycles. The molecule has 0 saturated carbocycles. The number of thiocarbonyl (C=S) groups is 1. The molecule has 1 nitrogen and oxygen atoms in total. The van der Waals surface area contributed by atoms with Crippen molar-refractivity contribution in [2.24, 2.45) is 7.05 Å². The van der Waals surface area contributed by atoms with Crippen LogP contribution in [0.2, 0.25) is 0 Å². The van der Waals surface area contributed by atoms with Gasteiger partial charge in [-0.15, -0.1) is 0 Å². The molecule has 0 fully saturated rings. The molecule has 0 aliphatic rings. The molecule has 0 saturated heterocycles. The lowest BCUT2D eigenvalue weighted by molar-refractivity contribution is -0.667. The molecule has 42 valence electrons. The predicted molar refractivity (Wildman–Crippen MR) is 38.3 cm³/mol. The maximum absolute atomic E-state index is 4.72. The molecule has 0 bridgehead atoms. The van der Waals surface area contributed by atoms with Gasteiger partial charge in [-0.05, 0) is 0 Å². The monoisotopic (exact) mass is 144 g/mol. The summed E-state index contributed by atoms with van der Waals surface area (Å²) in [7, 11) is 1.98. The van der Waals surface area contributed by atoms with Gasteiger partial charge in [-0.25, -0.2) is 0 Å². The van der Waals surface area contributed by atoms with Crippen LogP contribution in [0.15, 0.2) is 10.9 Å². The fourth-order valence-corrected chi connectivity index (χ4v) is 1.51. The molecule has 3 heteroatoms. The highest BCUT2D eigenvalue weighted by Crippen LogP contribution is 1.93. The summed E-state index contributed by atoms with van der Waals surface area (Å²) in [5.41, 5.74) is 3.11. The van der Waals surface area contributed by atoms with E-state index in [0.29, 0.717) is 0 Å². The molecule has 0 aromatic carbocycles. The highest BCUT2D eigenvalue weighted by Gasteiger charge is 1.99. The van der Waals surface area contributed by atoms with E-state index in [9.17, 15) is 0 Å². The second-order valence-corrected chi connectivity index (χ2v) is 2.47. The van der Waals surface area contributed by atoms with Crippen LogP contribution in [0, 0.1) is 0 Å². The van der Waals surface area contributed by atoms with Crippen molar-refractivity contribution in [3.05, 3.63) is 16.6 Å². The average molecular weight is 144 g/mol. The molecule has 0 unspecified atom stereocenters. The van der Waals surface area contributed by atoms with Crippen LogP contribution < -0.4 is 4.57 Å². The molecule has 1 rings (SSSR count). The second kappa shape index (κ2) is 2.33. The van der Waals surface area contributed by atoms with Crippen LogP contribution in [0.25, 0.3) is 0 Å². The first-order valence-electron chi connectivity index (χ1n) is 2.21. The van der Waals surface area contributed by atoms with Gasteiger partial charge in [0.15, 0.2) is 0 Å². The van der Waals surface area contributed by atoms with Gasteiger partial charge < -0.3 is 0 Å². The summed E-state index contributed by atoms with van der Waals surface area (Å²) in [6.07, 6.45) is 0. The average Bonchev–Trinajstić information content (AvgIpc) is 2.14. The van der Waals surface area contributed by atoms with Gasteiger partial charge in [-0.3, -0.25) is 0 Å². The fourth-order valence-electron chi connectivity index (χ4n) is 0.446. The molecule has 0 aliphatic heterocycles. The summed E-state index contributed by atoms with van der Waals surface area (Å²) < 4.78 is 2.00. The first-order valence-corrected chi connectivity index (χ1v) is 3.63. The lowest BCUT2D eigenvalue weighted by atomic mass is 10.6. The number of rotatable bonds is 1. The Hall–Kier alpha value is -0.280. The van der Waals surface area contributed by atoms with Crippen molar-refractivity contribution in [2.75, 3.05) is 0 Å². The van der Waals surface area contributed by atoms with Crippen LogP contribution >= 0.6 is 23.6 Å². The van der Waals surface area contributed by atoms with Gasteiger partial charge >= 0.3 is 0 Å². The minimum atomic E-state index is 1.10. The van der Waals surface area contributed by atoms with E-state index < -0.39 is 0 Å². The van der Waals surface area contributed by atoms with Crippen molar-refractivity contribution < 1.29 is 4.57 Å². The molecule has 0 spiro atoms. The van der Waals surface area contributed by atoms with Crippen molar-refractivity contribution in [3.8, 4) is 0 Å². The third kappa shape index (κ3) is 0.928. The zero-order chi connectivity index (χ0) is 5.98. The lowest BCUT2D eigenvalue weighted by Gasteiger charge is -1.75. The Morgan fingerprint density at radius 3 is 2.88 bits per heavy atom. The van der Waals surface area contributed by atoms with E-state index >= 15 is 0 Å². The van der Waals surface area contributed by atoms with E-state index in [1.165, 1.54) is 0 Å². The molecule has 0 N–H and O–H groups in total. The Bertz CT molecular complexity index is 192. The van der Waals surface area contributed by atoms with Gasteiger partial charge in [0.05, 0.1) is 10.7 Å². The van der Waals surface area contributed by atoms with E-state index in [1.54, 1.807) is 16.7 Å². The van der Waals surface area contributed by atoms with Crippen LogP contribution in [-0.4, -0.2) is 5.37 Å². The zero-order valence-electron chi connectivity index (χ0n) is 4.50. The first kappa shape index (κ1) is 5.85. The topological polar surface area (TPSA) is 3.88 Å². The Labute approximate surface area is 57.6 Å². The van der Waals surface area contributed by atoms with Gasteiger partial charge in [-0.2, -0.15) is 4.57 Å². The Balaban J connectivity index is 3.09. The maximum Gasteiger partial charge on any atom is 0.226 e. The SMILES string of the molecule is C[n+]1cscc1C=S. The number of aromatic nitrogens is 1. The van der Waals surface area contributed by atoms with E-state index in [4.69, 9.17) is 12.2 Å². The number of hydrogen-bond donors (Lipinski definition) is 0. The summed E-state index contributed by atoms with van der Waals surface area (Å²) in [6.45, 7) is 0. The van der Waals surface area contributed by atoms with E-state index in [0.717, 1.165) is 5.69 Å². The van der Waals surface area contributed by atoms with Gasteiger partial charge in [0.25, 0.3) is 0 Å². The van der Waals surface area contributed by atoms with Crippen LogP contribution in [0.4, 0.5) is 0 Å². The number of aryl methyl sites for hydroxylation is 1. The van der Waals surface area contributed by atoms with Crippen molar-refractivity contribution in [3.63, 3.8) is 0 Å². The second-order valence-electron chi connectivity index (χ2n) is 1.51. The van der Waals surface area contributed by atoms with Crippen LogP contribution in [0.5, 0.6) is 0 Å². The van der Waals surface area contributed by atoms with E-state index in [1.807, 2.05) is 22.5 Å². The number of thiazole rings is 1.